The van der Waals surface area contributed by atoms with Crippen molar-refractivity contribution in [1.82, 2.24) is 4.98 Å². The minimum atomic E-state index is 0.455. The Balaban J connectivity index is 2.18. The molecule has 0 unspecified atom stereocenters. The fourth-order valence-electron chi connectivity index (χ4n) is 2.35. The molecule has 0 saturated heterocycles. The lowest BCUT2D eigenvalue weighted by Crippen LogP contribution is -2.28. The molecule has 1 atom stereocenters. The second-order valence-corrected chi connectivity index (χ2v) is 6.32. The van der Waals surface area contributed by atoms with Crippen molar-refractivity contribution in [2.75, 3.05) is 5.73 Å². The molecular formula is C12H20N2S. The predicted molar refractivity (Wildman–Crippen MR) is 66.1 cm³/mol. The summed E-state index contributed by atoms with van der Waals surface area (Å²) in [6.07, 6.45) is 4.83. The molecule has 1 aromatic rings. The van der Waals surface area contributed by atoms with Crippen LogP contribution in [0.25, 0.3) is 0 Å². The van der Waals surface area contributed by atoms with E-state index in [4.69, 9.17) is 5.73 Å². The zero-order chi connectivity index (χ0) is 11.1. The third-order valence-electron chi connectivity index (χ3n) is 3.97. The molecular weight excluding hydrogens is 204 g/mol. The van der Waals surface area contributed by atoms with Crippen molar-refractivity contribution in [2.45, 2.75) is 46.5 Å². The molecule has 0 spiro atoms. The number of nitrogens with two attached hydrogens (primary N) is 1. The van der Waals surface area contributed by atoms with Gasteiger partial charge in [-0.25, -0.2) is 4.98 Å². The van der Waals surface area contributed by atoms with Gasteiger partial charge in [-0.2, -0.15) is 0 Å². The van der Waals surface area contributed by atoms with Gasteiger partial charge in [-0.15, -0.1) is 11.3 Å². The highest BCUT2D eigenvalue weighted by atomic mass is 32.1. The van der Waals surface area contributed by atoms with Crippen molar-refractivity contribution in [2.24, 2.45) is 11.3 Å². The first kappa shape index (κ1) is 10.9. The first-order valence-electron chi connectivity index (χ1n) is 5.77. The van der Waals surface area contributed by atoms with E-state index < -0.39 is 0 Å². The average molecular weight is 224 g/mol. The molecule has 2 N–H and O–H groups in total. The maximum Gasteiger partial charge on any atom is 0.180 e. The summed E-state index contributed by atoms with van der Waals surface area (Å²) in [5.41, 5.74) is 7.47. The van der Waals surface area contributed by atoms with Crippen LogP contribution in [0.2, 0.25) is 0 Å². The third kappa shape index (κ3) is 2.03. The number of nitrogen functional groups attached to an aromatic ring is 1. The van der Waals surface area contributed by atoms with Gasteiger partial charge in [0, 0.05) is 4.88 Å². The second kappa shape index (κ2) is 3.78. The van der Waals surface area contributed by atoms with Crippen LogP contribution in [0.5, 0.6) is 0 Å². The number of thiazole rings is 1. The summed E-state index contributed by atoms with van der Waals surface area (Å²) < 4.78 is 0. The maximum atomic E-state index is 5.75. The van der Waals surface area contributed by atoms with E-state index in [1.807, 2.05) is 0 Å². The SMILES string of the molecule is CCC(C)(C)[C@H]1CCc2nc(N)sc2C1. The first-order valence-corrected chi connectivity index (χ1v) is 6.58. The highest BCUT2D eigenvalue weighted by molar-refractivity contribution is 7.15. The van der Waals surface area contributed by atoms with Gasteiger partial charge in [0.15, 0.2) is 5.13 Å². The molecule has 0 aliphatic heterocycles. The summed E-state index contributed by atoms with van der Waals surface area (Å²) in [6, 6.07) is 0. The van der Waals surface area contributed by atoms with Crippen molar-refractivity contribution in [3.8, 4) is 0 Å². The Hall–Kier alpha value is -0.570. The molecule has 1 heterocycles. The lowest BCUT2D eigenvalue weighted by atomic mass is 9.70. The van der Waals surface area contributed by atoms with Gasteiger partial charge in [-0.3, -0.25) is 0 Å². The highest BCUT2D eigenvalue weighted by Crippen LogP contribution is 2.41. The Bertz CT molecular complexity index is 355. The normalized spacial score (nSPS) is 21.4. The van der Waals surface area contributed by atoms with Crippen LogP contribution in [0.15, 0.2) is 0 Å². The first-order chi connectivity index (χ1) is 7.03. The van der Waals surface area contributed by atoms with Crippen molar-refractivity contribution < 1.29 is 0 Å². The molecule has 0 saturated carbocycles. The Morgan fingerprint density at radius 3 is 2.93 bits per heavy atom. The van der Waals surface area contributed by atoms with Gasteiger partial charge < -0.3 is 5.73 Å². The number of hydrogen-bond donors (Lipinski definition) is 1. The van der Waals surface area contributed by atoms with Gasteiger partial charge >= 0.3 is 0 Å². The molecule has 2 nitrogen and oxygen atoms in total. The number of hydrogen-bond acceptors (Lipinski definition) is 3. The lowest BCUT2D eigenvalue weighted by molar-refractivity contribution is 0.183. The summed E-state index contributed by atoms with van der Waals surface area (Å²) in [7, 11) is 0. The van der Waals surface area contributed by atoms with Gasteiger partial charge in [-0.05, 0) is 30.6 Å². The van der Waals surface area contributed by atoms with E-state index in [1.165, 1.54) is 29.8 Å². The summed E-state index contributed by atoms with van der Waals surface area (Å²) in [5.74, 6) is 0.801. The van der Waals surface area contributed by atoms with E-state index in [1.54, 1.807) is 11.3 Å². The quantitative estimate of drug-likeness (QED) is 0.837. The van der Waals surface area contributed by atoms with E-state index in [0.29, 0.717) is 5.41 Å². The number of anilines is 1. The second-order valence-electron chi connectivity index (χ2n) is 5.20. The monoisotopic (exact) mass is 224 g/mol. The number of nitrogens with zero attached hydrogens (tertiary/aromatic N) is 1. The predicted octanol–water partition coefficient (Wildman–Crippen LogP) is 3.27. The summed E-state index contributed by atoms with van der Waals surface area (Å²) in [6.45, 7) is 7.05. The molecule has 1 aromatic heterocycles. The van der Waals surface area contributed by atoms with Crippen LogP contribution < -0.4 is 5.73 Å². The number of aromatic nitrogens is 1. The molecule has 0 aromatic carbocycles. The van der Waals surface area contributed by atoms with Crippen molar-refractivity contribution in [1.29, 1.82) is 0 Å². The van der Waals surface area contributed by atoms with E-state index in [2.05, 4.69) is 25.8 Å². The molecule has 0 bridgehead atoms. The van der Waals surface area contributed by atoms with Crippen LogP contribution in [0.3, 0.4) is 0 Å². The fraction of sp³-hybridized carbons (Fsp3) is 0.750. The molecule has 0 amide bonds. The van der Waals surface area contributed by atoms with Gasteiger partial charge in [0.05, 0.1) is 5.69 Å². The van der Waals surface area contributed by atoms with Crippen LogP contribution in [0.1, 0.15) is 44.2 Å². The van der Waals surface area contributed by atoms with Gasteiger partial charge in [0.25, 0.3) is 0 Å². The summed E-state index contributed by atoms with van der Waals surface area (Å²) >= 11 is 1.69. The van der Waals surface area contributed by atoms with E-state index in [9.17, 15) is 0 Å². The van der Waals surface area contributed by atoms with Crippen LogP contribution in [-0.4, -0.2) is 4.98 Å². The minimum absolute atomic E-state index is 0.455. The minimum Gasteiger partial charge on any atom is -0.375 e. The van der Waals surface area contributed by atoms with E-state index in [-0.39, 0.29) is 0 Å². The van der Waals surface area contributed by atoms with Crippen molar-refractivity contribution >= 4 is 16.5 Å². The molecule has 0 fully saturated rings. The molecule has 15 heavy (non-hydrogen) atoms. The smallest absolute Gasteiger partial charge is 0.180 e. The van der Waals surface area contributed by atoms with Crippen LogP contribution >= 0.6 is 11.3 Å². The van der Waals surface area contributed by atoms with Crippen molar-refractivity contribution in [3.05, 3.63) is 10.6 Å². The Kier molecular flexibility index (Phi) is 2.75. The van der Waals surface area contributed by atoms with Crippen LogP contribution in [0, 0.1) is 11.3 Å². The molecule has 84 valence electrons. The lowest BCUT2D eigenvalue weighted by Gasteiger charge is -2.35. The number of aryl methyl sites for hydroxylation is 1. The topological polar surface area (TPSA) is 38.9 Å². The van der Waals surface area contributed by atoms with Gasteiger partial charge in [0.1, 0.15) is 0 Å². The zero-order valence-corrected chi connectivity index (χ0v) is 10.7. The molecule has 2 rings (SSSR count). The van der Waals surface area contributed by atoms with Crippen molar-refractivity contribution in [3.63, 3.8) is 0 Å². The standard InChI is InChI=1S/C12H20N2S/c1-4-12(2,3)8-5-6-9-10(7-8)15-11(13)14-9/h8H,4-7H2,1-3H3,(H2,13,14)/t8-/m0/s1. The molecule has 0 radical (unpaired) electrons. The molecule has 1 aliphatic rings. The zero-order valence-electron chi connectivity index (χ0n) is 9.84. The Labute approximate surface area is 95.9 Å². The summed E-state index contributed by atoms with van der Waals surface area (Å²) in [4.78, 5) is 5.83. The number of rotatable bonds is 2. The van der Waals surface area contributed by atoms with Crippen LogP contribution in [-0.2, 0) is 12.8 Å². The summed E-state index contributed by atoms with van der Waals surface area (Å²) in [5, 5.41) is 0.745. The maximum absolute atomic E-state index is 5.75. The fourth-order valence-corrected chi connectivity index (χ4v) is 3.31. The molecule has 3 heteroatoms. The third-order valence-corrected chi connectivity index (χ3v) is 4.92. The number of fused-ring (bicyclic) bond motifs is 1. The average Bonchev–Trinajstić information content (AvgIpc) is 2.56. The van der Waals surface area contributed by atoms with E-state index >= 15 is 0 Å². The van der Waals surface area contributed by atoms with Crippen LogP contribution in [0.4, 0.5) is 5.13 Å². The highest BCUT2D eigenvalue weighted by Gasteiger charge is 2.32. The largest absolute Gasteiger partial charge is 0.375 e. The van der Waals surface area contributed by atoms with Gasteiger partial charge in [-0.1, -0.05) is 27.2 Å². The Morgan fingerprint density at radius 2 is 2.27 bits per heavy atom. The van der Waals surface area contributed by atoms with E-state index in [0.717, 1.165) is 17.5 Å². The molecule has 1 aliphatic carbocycles. The Morgan fingerprint density at radius 1 is 1.53 bits per heavy atom. The van der Waals surface area contributed by atoms with Gasteiger partial charge in [0.2, 0.25) is 0 Å².